The largest absolute Gasteiger partial charge is 0.321 e. The first-order valence-electron chi connectivity index (χ1n) is 4.10. The zero-order valence-electron chi connectivity index (χ0n) is 7.46. The van der Waals surface area contributed by atoms with E-state index in [9.17, 15) is 4.79 Å². The van der Waals surface area contributed by atoms with Crippen LogP contribution in [-0.2, 0) is 5.88 Å². The summed E-state index contributed by atoms with van der Waals surface area (Å²) in [7, 11) is 0. The second-order valence-electron chi connectivity index (χ2n) is 2.99. The molecule has 1 aromatic carbocycles. The molecule has 0 saturated heterocycles. The normalized spacial score (nSPS) is 12.5. The van der Waals surface area contributed by atoms with E-state index in [1.807, 2.05) is 12.1 Å². The summed E-state index contributed by atoms with van der Waals surface area (Å²) in [5.41, 5.74) is 7.05. The van der Waals surface area contributed by atoms with Crippen LogP contribution < -0.4 is 5.73 Å². The topological polar surface area (TPSA) is 43.1 Å². The lowest BCUT2D eigenvalue weighted by atomic mass is 10.0. The van der Waals surface area contributed by atoms with Crippen molar-refractivity contribution in [2.45, 2.75) is 18.8 Å². The van der Waals surface area contributed by atoms with E-state index in [-0.39, 0.29) is 5.78 Å². The van der Waals surface area contributed by atoms with Crippen molar-refractivity contribution >= 4 is 17.4 Å². The first-order valence-corrected chi connectivity index (χ1v) is 4.63. The van der Waals surface area contributed by atoms with E-state index in [0.29, 0.717) is 11.4 Å². The van der Waals surface area contributed by atoms with E-state index < -0.39 is 6.04 Å². The molecule has 1 aromatic rings. The number of alkyl halides is 1. The van der Waals surface area contributed by atoms with Gasteiger partial charge in [-0.15, -0.1) is 11.6 Å². The highest BCUT2D eigenvalue weighted by atomic mass is 35.5. The Balaban J connectivity index is 2.95. The van der Waals surface area contributed by atoms with Crippen LogP contribution in [0.2, 0.25) is 0 Å². The molecule has 0 fully saturated rings. The van der Waals surface area contributed by atoms with Gasteiger partial charge in [0, 0.05) is 11.4 Å². The van der Waals surface area contributed by atoms with E-state index in [2.05, 4.69) is 0 Å². The highest BCUT2D eigenvalue weighted by Gasteiger charge is 2.10. The molecule has 0 unspecified atom stereocenters. The van der Waals surface area contributed by atoms with Gasteiger partial charge in [0.2, 0.25) is 0 Å². The van der Waals surface area contributed by atoms with Gasteiger partial charge in [-0.2, -0.15) is 0 Å². The maximum atomic E-state index is 11.4. The fourth-order valence-corrected chi connectivity index (χ4v) is 1.24. The first-order chi connectivity index (χ1) is 6.15. The van der Waals surface area contributed by atoms with Crippen molar-refractivity contribution in [3.05, 3.63) is 35.4 Å². The average molecular weight is 198 g/mol. The SMILES string of the molecule is C[C@H](N)C(=O)c1cccc(CCl)c1. The Labute approximate surface area is 82.7 Å². The van der Waals surface area contributed by atoms with Gasteiger partial charge in [0.05, 0.1) is 6.04 Å². The third-order valence-electron chi connectivity index (χ3n) is 1.78. The fourth-order valence-electron chi connectivity index (χ4n) is 1.07. The van der Waals surface area contributed by atoms with E-state index >= 15 is 0 Å². The number of carbonyl (C=O) groups excluding carboxylic acids is 1. The lowest BCUT2D eigenvalue weighted by Gasteiger charge is -2.04. The molecular formula is C10H12ClNO. The zero-order valence-corrected chi connectivity index (χ0v) is 8.21. The van der Waals surface area contributed by atoms with E-state index in [4.69, 9.17) is 17.3 Å². The Morgan fingerprint density at radius 2 is 2.31 bits per heavy atom. The predicted octanol–water partition coefficient (Wildman–Crippen LogP) is 1.96. The molecule has 3 heteroatoms. The molecule has 1 rings (SSSR count). The molecule has 0 aromatic heterocycles. The Hall–Kier alpha value is -0.860. The molecule has 0 radical (unpaired) electrons. The van der Waals surface area contributed by atoms with Crippen molar-refractivity contribution in [1.82, 2.24) is 0 Å². The molecule has 2 nitrogen and oxygen atoms in total. The average Bonchev–Trinajstić information content (AvgIpc) is 2.16. The number of hydrogen-bond acceptors (Lipinski definition) is 2. The van der Waals surface area contributed by atoms with Gasteiger partial charge in [0.25, 0.3) is 0 Å². The number of carbonyl (C=O) groups is 1. The summed E-state index contributed by atoms with van der Waals surface area (Å²) in [6.07, 6.45) is 0. The highest BCUT2D eigenvalue weighted by Crippen LogP contribution is 2.09. The Bertz CT molecular complexity index is 310. The maximum Gasteiger partial charge on any atom is 0.179 e. The van der Waals surface area contributed by atoms with Gasteiger partial charge in [0.15, 0.2) is 5.78 Å². The Morgan fingerprint density at radius 3 is 2.85 bits per heavy atom. The molecule has 0 spiro atoms. The minimum Gasteiger partial charge on any atom is -0.321 e. The number of nitrogens with two attached hydrogens (primary N) is 1. The van der Waals surface area contributed by atoms with E-state index in [1.165, 1.54) is 0 Å². The first kappa shape index (κ1) is 10.2. The number of Topliss-reactive ketones (excluding diaryl/α,β-unsaturated/α-hetero) is 1. The minimum atomic E-state index is -0.453. The van der Waals surface area contributed by atoms with Gasteiger partial charge in [-0.1, -0.05) is 18.2 Å². The van der Waals surface area contributed by atoms with Crippen LogP contribution >= 0.6 is 11.6 Å². The molecule has 0 amide bonds. The molecule has 0 aliphatic carbocycles. The van der Waals surface area contributed by atoms with Gasteiger partial charge in [0.1, 0.15) is 0 Å². The summed E-state index contributed by atoms with van der Waals surface area (Å²) in [6.45, 7) is 1.68. The van der Waals surface area contributed by atoms with Crippen LogP contribution in [-0.4, -0.2) is 11.8 Å². The summed E-state index contributed by atoms with van der Waals surface area (Å²) >= 11 is 5.64. The zero-order chi connectivity index (χ0) is 9.84. The molecular weight excluding hydrogens is 186 g/mol. The number of halogens is 1. The molecule has 70 valence electrons. The molecule has 0 bridgehead atoms. The second kappa shape index (κ2) is 4.40. The van der Waals surface area contributed by atoms with E-state index in [0.717, 1.165) is 5.56 Å². The van der Waals surface area contributed by atoms with Gasteiger partial charge in [-0.25, -0.2) is 0 Å². The summed E-state index contributed by atoms with van der Waals surface area (Å²) in [4.78, 5) is 11.4. The minimum absolute atomic E-state index is 0.0491. The highest BCUT2D eigenvalue weighted by molar-refractivity contribution is 6.17. The van der Waals surface area contributed by atoms with Crippen LogP contribution in [0.5, 0.6) is 0 Å². The molecule has 0 saturated carbocycles. The van der Waals surface area contributed by atoms with Gasteiger partial charge in [-0.05, 0) is 18.6 Å². The molecule has 13 heavy (non-hydrogen) atoms. The van der Waals surface area contributed by atoms with Crippen LogP contribution in [0.25, 0.3) is 0 Å². The van der Waals surface area contributed by atoms with Crippen molar-refractivity contribution in [2.24, 2.45) is 5.73 Å². The van der Waals surface area contributed by atoms with Crippen LogP contribution in [0, 0.1) is 0 Å². The molecule has 2 N–H and O–H groups in total. The number of hydrogen-bond donors (Lipinski definition) is 1. The van der Waals surface area contributed by atoms with Crippen LogP contribution in [0.3, 0.4) is 0 Å². The Morgan fingerprint density at radius 1 is 1.62 bits per heavy atom. The van der Waals surface area contributed by atoms with Crippen molar-refractivity contribution in [1.29, 1.82) is 0 Å². The predicted molar refractivity (Wildman–Crippen MR) is 54.0 cm³/mol. The molecule has 0 aliphatic rings. The summed E-state index contributed by atoms with van der Waals surface area (Å²) < 4.78 is 0. The van der Waals surface area contributed by atoms with Crippen molar-refractivity contribution in [3.63, 3.8) is 0 Å². The standard InChI is InChI=1S/C10H12ClNO/c1-7(12)10(13)9-4-2-3-8(5-9)6-11/h2-5,7H,6,12H2,1H3/t7-/m0/s1. The molecule has 0 heterocycles. The summed E-state index contributed by atoms with van der Waals surface area (Å²) in [5, 5.41) is 0. The van der Waals surface area contributed by atoms with Gasteiger partial charge < -0.3 is 5.73 Å². The number of ketones is 1. The Kier molecular flexibility index (Phi) is 3.46. The third kappa shape index (κ3) is 2.54. The summed E-state index contributed by atoms with van der Waals surface area (Å²) in [5.74, 6) is 0.368. The van der Waals surface area contributed by atoms with Crippen LogP contribution in [0.4, 0.5) is 0 Å². The van der Waals surface area contributed by atoms with Crippen LogP contribution in [0.15, 0.2) is 24.3 Å². The lowest BCUT2D eigenvalue weighted by molar-refractivity contribution is 0.0968. The smallest absolute Gasteiger partial charge is 0.179 e. The third-order valence-corrected chi connectivity index (χ3v) is 2.09. The molecule has 0 aliphatic heterocycles. The number of rotatable bonds is 3. The van der Waals surface area contributed by atoms with Crippen molar-refractivity contribution in [2.75, 3.05) is 0 Å². The van der Waals surface area contributed by atoms with Crippen LogP contribution in [0.1, 0.15) is 22.8 Å². The fraction of sp³-hybridized carbons (Fsp3) is 0.300. The second-order valence-corrected chi connectivity index (χ2v) is 3.25. The quantitative estimate of drug-likeness (QED) is 0.595. The van der Waals surface area contributed by atoms with Crippen molar-refractivity contribution in [3.8, 4) is 0 Å². The summed E-state index contributed by atoms with van der Waals surface area (Å²) in [6, 6.07) is 6.77. The van der Waals surface area contributed by atoms with Gasteiger partial charge >= 0.3 is 0 Å². The monoisotopic (exact) mass is 197 g/mol. The maximum absolute atomic E-state index is 11.4. The van der Waals surface area contributed by atoms with Crippen molar-refractivity contribution < 1.29 is 4.79 Å². The van der Waals surface area contributed by atoms with E-state index in [1.54, 1.807) is 19.1 Å². The lowest BCUT2D eigenvalue weighted by Crippen LogP contribution is -2.26. The number of benzene rings is 1. The molecule has 1 atom stereocenters. The van der Waals surface area contributed by atoms with Gasteiger partial charge in [-0.3, -0.25) is 4.79 Å².